The van der Waals surface area contributed by atoms with E-state index in [9.17, 15) is 4.79 Å². The highest BCUT2D eigenvalue weighted by Gasteiger charge is 2.15. The molecule has 0 aliphatic heterocycles. The zero-order chi connectivity index (χ0) is 8.43. The standard InChI is InChI=1S/C9H12O2/c1-6-4-8(11-3)5-7(2)9(6)10/h4-5,8H,1-3H3. The quantitative estimate of drug-likeness (QED) is 0.568. The Morgan fingerprint density at radius 1 is 1.27 bits per heavy atom. The van der Waals surface area contributed by atoms with Crippen molar-refractivity contribution in [3.05, 3.63) is 23.3 Å². The van der Waals surface area contributed by atoms with Crippen LogP contribution in [0, 0.1) is 0 Å². The number of carbonyl (C=O) groups excluding carboxylic acids is 1. The summed E-state index contributed by atoms with van der Waals surface area (Å²) in [5.74, 6) is 0.123. The first kappa shape index (κ1) is 8.21. The summed E-state index contributed by atoms with van der Waals surface area (Å²) in [7, 11) is 1.63. The van der Waals surface area contributed by atoms with Crippen molar-refractivity contribution >= 4 is 5.78 Å². The van der Waals surface area contributed by atoms with Gasteiger partial charge in [-0.25, -0.2) is 0 Å². The first-order chi connectivity index (χ1) is 5.15. The second kappa shape index (κ2) is 3.01. The molecule has 0 atom stereocenters. The van der Waals surface area contributed by atoms with Crippen molar-refractivity contribution in [3.8, 4) is 0 Å². The van der Waals surface area contributed by atoms with E-state index in [1.807, 2.05) is 26.0 Å². The Labute approximate surface area is 66.5 Å². The summed E-state index contributed by atoms with van der Waals surface area (Å²) in [4.78, 5) is 11.2. The van der Waals surface area contributed by atoms with Crippen molar-refractivity contribution in [2.24, 2.45) is 0 Å². The zero-order valence-electron chi connectivity index (χ0n) is 7.05. The fraction of sp³-hybridized carbons (Fsp3) is 0.444. The Kier molecular flexibility index (Phi) is 2.25. The molecular weight excluding hydrogens is 140 g/mol. The maximum atomic E-state index is 11.2. The monoisotopic (exact) mass is 152 g/mol. The summed E-state index contributed by atoms with van der Waals surface area (Å²) in [6.45, 7) is 3.62. The molecule has 60 valence electrons. The predicted molar refractivity (Wildman–Crippen MR) is 43.3 cm³/mol. The molecule has 2 heteroatoms. The highest BCUT2D eigenvalue weighted by molar-refractivity contribution is 6.08. The topological polar surface area (TPSA) is 26.3 Å². The van der Waals surface area contributed by atoms with Crippen LogP contribution in [0.3, 0.4) is 0 Å². The Morgan fingerprint density at radius 3 is 2.09 bits per heavy atom. The maximum Gasteiger partial charge on any atom is 0.184 e. The molecule has 0 aromatic carbocycles. The van der Waals surface area contributed by atoms with Gasteiger partial charge in [0.15, 0.2) is 5.78 Å². The van der Waals surface area contributed by atoms with E-state index in [-0.39, 0.29) is 11.9 Å². The van der Waals surface area contributed by atoms with Crippen LogP contribution in [0.4, 0.5) is 0 Å². The number of hydrogen-bond donors (Lipinski definition) is 0. The second-order valence-corrected chi connectivity index (χ2v) is 2.73. The lowest BCUT2D eigenvalue weighted by Gasteiger charge is -2.14. The van der Waals surface area contributed by atoms with Gasteiger partial charge in [-0.15, -0.1) is 0 Å². The van der Waals surface area contributed by atoms with Crippen LogP contribution in [-0.4, -0.2) is 19.0 Å². The summed E-state index contributed by atoms with van der Waals surface area (Å²) in [6, 6.07) is 0. The van der Waals surface area contributed by atoms with Gasteiger partial charge in [-0.2, -0.15) is 0 Å². The minimum atomic E-state index is -0.0206. The summed E-state index contributed by atoms with van der Waals surface area (Å²) < 4.78 is 5.08. The largest absolute Gasteiger partial charge is 0.373 e. The van der Waals surface area contributed by atoms with Gasteiger partial charge >= 0.3 is 0 Å². The van der Waals surface area contributed by atoms with E-state index in [4.69, 9.17) is 4.74 Å². The maximum absolute atomic E-state index is 11.2. The van der Waals surface area contributed by atoms with Gasteiger partial charge in [-0.3, -0.25) is 4.79 Å². The van der Waals surface area contributed by atoms with Crippen LogP contribution in [-0.2, 0) is 9.53 Å². The Morgan fingerprint density at radius 2 is 1.73 bits per heavy atom. The second-order valence-electron chi connectivity index (χ2n) is 2.73. The third-order valence-corrected chi connectivity index (χ3v) is 1.82. The molecule has 0 heterocycles. The fourth-order valence-corrected chi connectivity index (χ4v) is 1.14. The van der Waals surface area contributed by atoms with Gasteiger partial charge in [0, 0.05) is 7.11 Å². The van der Waals surface area contributed by atoms with Crippen LogP contribution in [0.1, 0.15) is 13.8 Å². The van der Waals surface area contributed by atoms with Crippen molar-refractivity contribution in [3.63, 3.8) is 0 Å². The van der Waals surface area contributed by atoms with Crippen molar-refractivity contribution in [1.82, 2.24) is 0 Å². The number of rotatable bonds is 1. The van der Waals surface area contributed by atoms with Crippen LogP contribution in [0.2, 0.25) is 0 Å². The van der Waals surface area contributed by atoms with Gasteiger partial charge in [0.2, 0.25) is 0 Å². The number of carbonyl (C=O) groups is 1. The first-order valence-corrected chi connectivity index (χ1v) is 3.59. The summed E-state index contributed by atoms with van der Waals surface area (Å²) in [6.07, 6.45) is 3.64. The fourth-order valence-electron chi connectivity index (χ4n) is 1.14. The molecule has 1 aliphatic rings. The first-order valence-electron chi connectivity index (χ1n) is 3.59. The average molecular weight is 152 g/mol. The smallest absolute Gasteiger partial charge is 0.184 e. The lowest BCUT2D eigenvalue weighted by molar-refractivity contribution is -0.112. The van der Waals surface area contributed by atoms with Gasteiger partial charge in [-0.1, -0.05) is 0 Å². The third kappa shape index (κ3) is 1.57. The molecule has 1 aliphatic carbocycles. The van der Waals surface area contributed by atoms with Crippen molar-refractivity contribution in [2.75, 3.05) is 7.11 Å². The molecule has 1 rings (SSSR count). The minimum absolute atomic E-state index is 0.0206. The highest BCUT2D eigenvalue weighted by Crippen LogP contribution is 2.15. The van der Waals surface area contributed by atoms with Crippen LogP contribution < -0.4 is 0 Å². The van der Waals surface area contributed by atoms with E-state index >= 15 is 0 Å². The van der Waals surface area contributed by atoms with Crippen molar-refractivity contribution < 1.29 is 9.53 Å². The van der Waals surface area contributed by atoms with E-state index in [1.165, 1.54) is 0 Å². The highest BCUT2D eigenvalue weighted by atomic mass is 16.5. The van der Waals surface area contributed by atoms with Gasteiger partial charge in [0.25, 0.3) is 0 Å². The molecule has 0 unspecified atom stereocenters. The van der Waals surface area contributed by atoms with Crippen LogP contribution in [0.5, 0.6) is 0 Å². The molecular formula is C9H12O2. The van der Waals surface area contributed by atoms with Crippen molar-refractivity contribution in [2.45, 2.75) is 20.0 Å². The van der Waals surface area contributed by atoms with E-state index in [2.05, 4.69) is 0 Å². The average Bonchev–Trinajstić information content (AvgIpc) is 1.99. The molecule has 0 saturated carbocycles. The van der Waals surface area contributed by atoms with E-state index in [1.54, 1.807) is 7.11 Å². The lowest BCUT2D eigenvalue weighted by Crippen LogP contribution is -2.15. The molecule has 0 aromatic heterocycles. The predicted octanol–water partition coefficient (Wildman–Crippen LogP) is 1.48. The molecule has 0 N–H and O–H groups in total. The Bertz CT molecular complexity index is 214. The van der Waals surface area contributed by atoms with Gasteiger partial charge in [0.1, 0.15) is 0 Å². The SMILES string of the molecule is COC1C=C(C)C(=O)C(C)=C1. The number of ketones is 1. The number of methoxy groups -OCH3 is 1. The lowest BCUT2D eigenvalue weighted by atomic mass is 9.98. The number of ether oxygens (including phenoxy) is 1. The molecule has 0 spiro atoms. The van der Waals surface area contributed by atoms with Crippen LogP contribution in [0.25, 0.3) is 0 Å². The molecule has 2 nitrogen and oxygen atoms in total. The summed E-state index contributed by atoms with van der Waals surface area (Å²) >= 11 is 0. The molecule has 0 saturated heterocycles. The van der Waals surface area contributed by atoms with E-state index in [0.717, 1.165) is 11.1 Å². The van der Waals surface area contributed by atoms with Gasteiger partial charge in [0.05, 0.1) is 6.10 Å². The molecule has 0 fully saturated rings. The molecule has 0 radical (unpaired) electrons. The molecule has 11 heavy (non-hydrogen) atoms. The van der Waals surface area contributed by atoms with Gasteiger partial charge in [-0.05, 0) is 37.1 Å². The third-order valence-electron chi connectivity index (χ3n) is 1.82. The number of hydrogen-bond acceptors (Lipinski definition) is 2. The zero-order valence-corrected chi connectivity index (χ0v) is 7.05. The summed E-state index contributed by atoms with van der Waals surface area (Å²) in [5.41, 5.74) is 1.55. The summed E-state index contributed by atoms with van der Waals surface area (Å²) in [5, 5.41) is 0. The minimum Gasteiger partial charge on any atom is -0.373 e. The van der Waals surface area contributed by atoms with E-state index in [0.29, 0.717) is 0 Å². The van der Waals surface area contributed by atoms with Crippen LogP contribution >= 0.6 is 0 Å². The normalized spacial score (nSPS) is 19.7. The van der Waals surface area contributed by atoms with Crippen LogP contribution in [0.15, 0.2) is 23.3 Å². The Hall–Kier alpha value is -0.890. The molecule has 0 amide bonds. The van der Waals surface area contributed by atoms with Crippen molar-refractivity contribution in [1.29, 1.82) is 0 Å². The number of Topliss-reactive ketones (excluding diaryl/α,β-unsaturated/α-hetero) is 1. The molecule has 0 aromatic rings. The molecule has 0 bridgehead atoms. The van der Waals surface area contributed by atoms with E-state index < -0.39 is 0 Å². The Balaban J connectivity index is 2.88. The number of allylic oxidation sites excluding steroid dienone is 2. The van der Waals surface area contributed by atoms with Gasteiger partial charge < -0.3 is 4.74 Å².